The molecule has 21 heavy (non-hydrogen) atoms. The quantitative estimate of drug-likeness (QED) is 0.452. The lowest BCUT2D eigenvalue weighted by Crippen LogP contribution is -2.39. The zero-order valence-corrected chi connectivity index (χ0v) is 11.8. The van der Waals surface area contributed by atoms with Gasteiger partial charge in [0.25, 0.3) is 0 Å². The highest BCUT2D eigenvalue weighted by molar-refractivity contribution is 5.78. The van der Waals surface area contributed by atoms with Gasteiger partial charge in [-0.2, -0.15) is 0 Å². The first-order chi connectivity index (χ1) is 10.0. The molecule has 1 aromatic heterocycles. The fourth-order valence-corrected chi connectivity index (χ4v) is 2.63. The van der Waals surface area contributed by atoms with Crippen LogP contribution in [0.4, 0.5) is 5.82 Å². The fourth-order valence-electron chi connectivity index (χ4n) is 2.63. The van der Waals surface area contributed by atoms with Crippen molar-refractivity contribution in [1.29, 1.82) is 0 Å². The number of hydrogen-bond donors (Lipinski definition) is 5. The molecule has 9 heteroatoms. The van der Waals surface area contributed by atoms with E-state index in [1.807, 2.05) is 6.92 Å². The third-order valence-corrected chi connectivity index (χ3v) is 4.06. The second kappa shape index (κ2) is 5.04. The third kappa shape index (κ3) is 2.05. The molecule has 1 unspecified atom stereocenters. The van der Waals surface area contributed by atoms with Crippen LogP contribution in [-0.4, -0.2) is 63.2 Å². The number of nitrogens with zero attached hydrogens (tertiary/aromatic N) is 3. The molecule has 3 heterocycles. The Labute approximate surface area is 121 Å². The van der Waals surface area contributed by atoms with Crippen LogP contribution in [0.25, 0.3) is 0 Å². The van der Waals surface area contributed by atoms with Crippen LogP contribution in [0.2, 0.25) is 0 Å². The number of hydrogen-bond acceptors (Lipinski definition) is 8. The van der Waals surface area contributed by atoms with Gasteiger partial charge in [0.05, 0.1) is 19.3 Å². The molecule has 0 aliphatic carbocycles. The van der Waals surface area contributed by atoms with Crippen LogP contribution in [0, 0.1) is 0 Å². The maximum atomic E-state index is 10.1. The summed E-state index contributed by atoms with van der Waals surface area (Å²) in [6.45, 7) is 1.51. The Balaban J connectivity index is 1.96. The van der Waals surface area contributed by atoms with E-state index in [1.54, 1.807) is 11.6 Å². The van der Waals surface area contributed by atoms with Gasteiger partial charge < -0.3 is 25.4 Å². The van der Waals surface area contributed by atoms with Gasteiger partial charge in [-0.1, -0.05) is 0 Å². The molecule has 3 rings (SSSR count). The van der Waals surface area contributed by atoms with E-state index in [9.17, 15) is 10.2 Å². The minimum absolute atomic E-state index is 0.366. The molecule has 0 saturated carbocycles. The predicted octanol–water partition coefficient (Wildman–Crippen LogP) is -1.66. The molecule has 116 valence electrons. The summed E-state index contributed by atoms with van der Waals surface area (Å²) in [6.07, 6.45) is -0.891. The van der Waals surface area contributed by atoms with Crippen molar-refractivity contribution in [2.24, 2.45) is 4.99 Å². The number of aliphatic hydroxyl groups excluding tert-OH is 3. The molecule has 2 aliphatic heterocycles. The number of rotatable bonds is 3. The summed E-state index contributed by atoms with van der Waals surface area (Å²) in [6, 6.07) is 0. The first kappa shape index (κ1) is 14.4. The Kier molecular flexibility index (Phi) is 3.46. The fraction of sp³-hybridized carbons (Fsp3) is 0.667. The van der Waals surface area contributed by atoms with Crippen molar-refractivity contribution >= 4 is 12.2 Å². The lowest BCUT2D eigenvalue weighted by Gasteiger charge is -2.28. The van der Waals surface area contributed by atoms with Crippen molar-refractivity contribution in [3.8, 4) is 0 Å². The van der Waals surface area contributed by atoms with Crippen molar-refractivity contribution in [3.63, 3.8) is 0 Å². The maximum absolute atomic E-state index is 10.1. The standard InChI is InChI=1S/C12H19N5O4/c1-12(13-2)9-10(14-4-16-12)17(5-15-9)11-8(20)7(19)6(3-18)21-11/h4-8,11,13,18-20H,3H2,1-2H3,(H,14,16)/t6-,7-,8-,11-,12?/m1/s1. The minimum atomic E-state index is -1.15. The number of fused-ring (bicyclic) bond motifs is 1. The average Bonchev–Trinajstić information content (AvgIpc) is 3.03. The largest absolute Gasteiger partial charge is 0.394 e. The van der Waals surface area contributed by atoms with Gasteiger partial charge >= 0.3 is 0 Å². The van der Waals surface area contributed by atoms with Crippen molar-refractivity contribution < 1.29 is 20.1 Å². The second-order valence-electron chi connectivity index (χ2n) is 5.30. The number of ether oxygens (including phenoxy) is 1. The van der Waals surface area contributed by atoms with Crippen LogP contribution in [-0.2, 0) is 10.4 Å². The van der Waals surface area contributed by atoms with Crippen LogP contribution in [0.1, 0.15) is 18.8 Å². The predicted molar refractivity (Wildman–Crippen MR) is 73.8 cm³/mol. The molecule has 1 saturated heterocycles. The normalized spacial score (nSPS) is 38.3. The van der Waals surface area contributed by atoms with Crippen LogP contribution < -0.4 is 10.6 Å². The Bertz CT molecular complexity index is 562. The van der Waals surface area contributed by atoms with E-state index in [0.717, 1.165) is 0 Å². The van der Waals surface area contributed by atoms with Crippen molar-refractivity contribution in [2.45, 2.75) is 37.1 Å². The number of aliphatic hydroxyl groups is 3. The number of nitrogens with one attached hydrogen (secondary N) is 2. The molecule has 1 aromatic rings. The average molecular weight is 297 g/mol. The summed E-state index contributed by atoms with van der Waals surface area (Å²) in [7, 11) is 1.78. The van der Waals surface area contributed by atoms with Gasteiger partial charge in [0.15, 0.2) is 11.9 Å². The number of anilines is 1. The molecule has 0 aromatic carbocycles. The van der Waals surface area contributed by atoms with E-state index in [2.05, 4.69) is 20.6 Å². The Morgan fingerprint density at radius 3 is 2.86 bits per heavy atom. The van der Waals surface area contributed by atoms with E-state index in [-0.39, 0.29) is 6.61 Å². The van der Waals surface area contributed by atoms with Gasteiger partial charge in [-0.05, 0) is 14.0 Å². The van der Waals surface area contributed by atoms with E-state index < -0.39 is 30.2 Å². The topological polar surface area (TPSA) is 124 Å². The molecule has 1 fully saturated rings. The highest BCUT2D eigenvalue weighted by atomic mass is 16.6. The van der Waals surface area contributed by atoms with Gasteiger partial charge in [-0.3, -0.25) is 9.88 Å². The summed E-state index contributed by atoms with van der Waals surface area (Å²) in [5.41, 5.74) is -0.0186. The van der Waals surface area contributed by atoms with E-state index in [0.29, 0.717) is 11.5 Å². The number of aromatic nitrogens is 2. The molecule has 0 bridgehead atoms. The molecule has 2 aliphatic rings. The minimum Gasteiger partial charge on any atom is -0.394 e. The molecular formula is C12H19N5O4. The van der Waals surface area contributed by atoms with Gasteiger partial charge in [0, 0.05) is 0 Å². The number of aliphatic imine (C=N–C) groups is 1. The monoisotopic (exact) mass is 297 g/mol. The molecule has 5 N–H and O–H groups in total. The summed E-state index contributed by atoms with van der Waals surface area (Å²) >= 11 is 0. The SMILES string of the molecule is CNC1(C)N=CNc2c1ncn2[C@@H]1O[C@H](CO)[C@@H](O)[C@H]1O. The van der Waals surface area contributed by atoms with Crippen LogP contribution in [0.3, 0.4) is 0 Å². The van der Waals surface area contributed by atoms with Gasteiger partial charge in [0.1, 0.15) is 29.8 Å². The molecule has 5 atom stereocenters. The summed E-state index contributed by atoms with van der Waals surface area (Å²) < 4.78 is 7.11. The summed E-state index contributed by atoms with van der Waals surface area (Å²) in [5.74, 6) is 0.622. The van der Waals surface area contributed by atoms with Crippen molar-refractivity contribution in [3.05, 3.63) is 12.0 Å². The highest BCUT2D eigenvalue weighted by Crippen LogP contribution is 2.36. The lowest BCUT2D eigenvalue weighted by molar-refractivity contribution is -0.0518. The maximum Gasteiger partial charge on any atom is 0.165 e. The molecule has 9 nitrogen and oxygen atoms in total. The second-order valence-corrected chi connectivity index (χ2v) is 5.30. The third-order valence-electron chi connectivity index (χ3n) is 4.06. The first-order valence-electron chi connectivity index (χ1n) is 6.70. The Morgan fingerprint density at radius 1 is 1.48 bits per heavy atom. The Hall–Kier alpha value is -1.52. The molecular weight excluding hydrogens is 278 g/mol. The van der Waals surface area contributed by atoms with Gasteiger partial charge in [-0.25, -0.2) is 9.98 Å². The van der Waals surface area contributed by atoms with Crippen molar-refractivity contribution in [2.75, 3.05) is 19.0 Å². The molecule has 0 radical (unpaired) electrons. The summed E-state index contributed by atoms with van der Waals surface area (Å²) in [4.78, 5) is 8.64. The zero-order valence-electron chi connectivity index (χ0n) is 11.8. The van der Waals surface area contributed by atoms with Crippen molar-refractivity contribution in [1.82, 2.24) is 14.9 Å². The van der Waals surface area contributed by atoms with E-state index >= 15 is 0 Å². The smallest absolute Gasteiger partial charge is 0.165 e. The van der Waals surface area contributed by atoms with Crippen LogP contribution in [0.15, 0.2) is 11.3 Å². The van der Waals surface area contributed by atoms with Gasteiger partial charge in [0.2, 0.25) is 0 Å². The Morgan fingerprint density at radius 2 is 2.24 bits per heavy atom. The van der Waals surface area contributed by atoms with Gasteiger partial charge in [-0.15, -0.1) is 0 Å². The highest BCUT2D eigenvalue weighted by Gasteiger charge is 2.45. The zero-order chi connectivity index (χ0) is 15.2. The summed E-state index contributed by atoms with van der Waals surface area (Å²) in [5, 5.41) is 35.2. The van der Waals surface area contributed by atoms with E-state index in [4.69, 9.17) is 9.84 Å². The van der Waals surface area contributed by atoms with Crippen LogP contribution in [0.5, 0.6) is 0 Å². The lowest BCUT2D eigenvalue weighted by atomic mass is 10.1. The van der Waals surface area contributed by atoms with Crippen LogP contribution >= 0.6 is 0 Å². The molecule has 0 amide bonds. The molecule has 0 spiro atoms. The first-order valence-corrected chi connectivity index (χ1v) is 6.70. The number of imidazole rings is 1. The van der Waals surface area contributed by atoms with E-state index in [1.165, 1.54) is 12.7 Å².